The van der Waals surface area contributed by atoms with Crippen molar-refractivity contribution in [3.8, 4) is 17.2 Å². The van der Waals surface area contributed by atoms with E-state index in [1.54, 1.807) is 31.4 Å². The Bertz CT molecular complexity index is 1750. The molecule has 0 saturated heterocycles. The number of carbonyl (C=O) groups excluding carboxylic acids is 2. The first kappa shape index (κ1) is 38.8. The van der Waals surface area contributed by atoms with Crippen molar-refractivity contribution in [1.29, 1.82) is 0 Å². The fourth-order valence-corrected chi connectivity index (χ4v) is 5.94. The molecule has 0 spiro atoms. The standard InChI is InChI=1S/C38H42F3N3O9/c1-49-29-12-14-30(15-13-29)50-24-20-43(28-10-11-28)37(45)32-25-42(38(46)52-21-2-3-23-53-44(47)48)19-18-31(32)27-8-6-26(7-9-27)5-4-22-51-36-34(40)17-16-33(39)35(36)41/h6-9,12-17,28H,2-5,10-11,18-25H2,1H3. The fourth-order valence-electron chi connectivity index (χ4n) is 5.94. The maximum atomic E-state index is 14.3. The molecule has 5 rings (SSSR count). The average Bonchev–Trinajstić information content (AvgIpc) is 4.01. The van der Waals surface area contributed by atoms with E-state index in [9.17, 15) is 32.9 Å². The second kappa shape index (κ2) is 18.9. The molecular weight excluding hydrogens is 699 g/mol. The van der Waals surface area contributed by atoms with E-state index in [2.05, 4.69) is 4.84 Å². The summed E-state index contributed by atoms with van der Waals surface area (Å²) < 4.78 is 63.1. The van der Waals surface area contributed by atoms with Crippen molar-refractivity contribution in [2.75, 3.05) is 53.2 Å². The second-order valence-electron chi connectivity index (χ2n) is 12.6. The summed E-state index contributed by atoms with van der Waals surface area (Å²) >= 11 is 0. The largest absolute Gasteiger partial charge is 0.497 e. The maximum absolute atomic E-state index is 14.3. The van der Waals surface area contributed by atoms with E-state index in [0.717, 1.165) is 35.6 Å². The molecule has 53 heavy (non-hydrogen) atoms. The predicted octanol–water partition coefficient (Wildman–Crippen LogP) is 6.78. The van der Waals surface area contributed by atoms with E-state index in [1.807, 2.05) is 29.2 Å². The van der Waals surface area contributed by atoms with Crippen LogP contribution in [0.4, 0.5) is 18.0 Å². The summed E-state index contributed by atoms with van der Waals surface area (Å²) in [5.74, 6) is -3.11. The summed E-state index contributed by atoms with van der Waals surface area (Å²) in [5, 5.41) is 9.48. The molecule has 1 heterocycles. The van der Waals surface area contributed by atoms with Gasteiger partial charge in [-0.25, -0.2) is 13.6 Å². The molecule has 12 nitrogen and oxygen atoms in total. The van der Waals surface area contributed by atoms with Gasteiger partial charge in [-0.15, -0.1) is 10.1 Å². The number of ether oxygens (including phenoxy) is 4. The first-order chi connectivity index (χ1) is 25.6. The van der Waals surface area contributed by atoms with Crippen molar-refractivity contribution in [3.63, 3.8) is 0 Å². The van der Waals surface area contributed by atoms with Gasteiger partial charge in [0.05, 0.1) is 40.0 Å². The summed E-state index contributed by atoms with van der Waals surface area (Å²) in [6.07, 6.45) is 3.18. The van der Waals surface area contributed by atoms with Crippen molar-refractivity contribution in [3.05, 3.63) is 105 Å². The SMILES string of the molecule is COc1ccc(OCCN(C(=O)C2=C(c3ccc(CCCOc4c(F)ccc(F)c4F)cc3)CCN(C(=O)OCCCCO[N+](=O)[O-])C2)C2CC2)cc1. The minimum Gasteiger partial charge on any atom is -0.497 e. The third-order valence-corrected chi connectivity index (χ3v) is 8.89. The van der Waals surface area contributed by atoms with Crippen molar-refractivity contribution in [1.82, 2.24) is 9.80 Å². The lowest BCUT2D eigenvalue weighted by Gasteiger charge is -2.33. The Hall–Kier alpha value is -5.47. The van der Waals surface area contributed by atoms with E-state index < -0.39 is 34.4 Å². The van der Waals surface area contributed by atoms with Crippen LogP contribution in [-0.2, 0) is 20.8 Å². The number of nitrogens with zero attached hydrogens (tertiary/aromatic N) is 3. The summed E-state index contributed by atoms with van der Waals surface area (Å²) in [6.45, 7) is 0.872. The highest BCUT2D eigenvalue weighted by atomic mass is 19.2. The number of unbranched alkanes of at least 4 members (excludes halogenated alkanes) is 1. The Morgan fingerprint density at radius 3 is 2.26 bits per heavy atom. The number of amides is 2. The lowest BCUT2D eigenvalue weighted by Crippen LogP contribution is -2.44. The third kappa shape index (κ3) is 11.0. The van der Waals surface area contributed by atoms with Gasteiger partial charge in [0.25, 0.3) is 11.0 Å². The number of halogens is 3. The van der Waals surface area contributed by atoms with E-state index in [1.165, 1.54) is 4.90 Å². The summed E-state index contributed by atoms with van der Waals surface area (Å²) in [6, 6.07) is 16.4. The molecule has 1 fully saturated rings. The number of hydrogen-bond donors (Lipinski definition) is 0. The topological polar surface area (TPSA) is 130 Å². The smallest absolute Gasteiger partial charge is 0.410 e. The van der Waals surface area contributed by atoms with Crippen LogP contribution in [0.1, 0.15) is 49.7 Å². The van der Waals surface area contributed by atoms with E-state index in [4.69, 9.17) is 18.9 Å². The van der Waals surface area contributed by atoms with Gasteiger partial charge in [0, 0.05) is 18.2 Å². The van der Waals surface area contributed by atoms with E-state index in [-0.39, 0.29) is 44.9 Å². The molecule has 0 aromatic heterocycles. The monoisotopic (exact) mass is 741 g/mol. The average molecular weight is 742 g/mol. The van der Waals surface area contributed by atoms with Crippen LogP contribution in [0.15, 0.2) is 66.2 Å². The molecule has 2 amide bonds. The Morgan fingerprint density at radius 2 is 1.57 bits per heavy atom. The quantitative estimate of drug-likeness (QED) is 0.0565. The van der Waals surface area contributed by atoms with Gasteiger partial charge in [-0.05, 0) is 98.0 Å². The Labute approximate surface area is 305 Å². The summed E-state index contributed by atoms with van der Waals surface area (Å²) in [4.78, 5) is 45.3. The minimum atomic E-state index is -1.36. The molecule has 0 unspecified atom stereocenters. The molecule has 3 aromatic rings. The molecule has 284 valence electrons. The Balaban J connectivity index is 1.26. The third-order valence-electron chi connectivity index (χ3n) is 8.89. The van der Waals surface area contributed by atoms with Crippen molar-refractivity contribution in [2.24, 2.45) is 0 Å². The predicted molar refractivity (Wildman–Crippen MR) is 186 cm³/mol. The van der Waals surface area contributed by atoms with Crippen molar-refractivity contribution >= 4 is 17.6 Å². The number of carbonyl (C=O) groups is 2. The molecule has 1 aliphatic heterocycles. The summed E-state index contributed by atoms with van der Waals surface area (Å²) in [5.41, 5.74) is 3.03. The Kier molecular flexibility index (Phi) is 13.8. The van der Waals surface area contributed by atoms with Crippen LogP contribution in [0.5, 0.6) is 17.2 Å². The van der Waals surface area contributed by atoms with Gasteiger partial charge in [0.1, 0.15) is 18.1 Å². The van der Waals surface area contributed by atoms with Gasteiger partial charge in [-0.2, -0.15) is 4.39 Å². The van der Waals surface area contributed by atoms with Gasteiger partial charge in [-0.3, -0.25) is 4.79 Å². The fraction of sp³-hybridized carbons (Fsp3) is 0.421. The van der Waals surface area contributed by atoms with E-state index >= 15 is 0 Å². The molecule has 2 aliphatic rings. The van der Waals surface area contributed by atoms with Crippen LogP contribution in [0, 0.1) is 27.6 Å². The molecule has 1 saturated carbocycles. The second-order valence-corrected chi connectivity index (χ2v) is 12.6. The lowest BCUT2D eigenvalue weighted by atomic mass is 9.91. The highest BCUT2D eigenvalue weighted by molar-refractivity contribution is 6.03. The van der Waals surface area contributed by atoms with Crippen LogP contribution >= 0.6 is 0 Å². The lowest BCUT2D eigenvalue weighted by molar-refractivity contribution is -0.757. The number of methoxy groups -OCH3 is 1. The molecule has 3 aromatic carbocycles. The molecule has 0 radical (unpaired) electrons. The van der Waals surface area contributed by atoms with Gasteiger partial charge in [-0.1, -0.05) is 24.3 Å². The normalized spacial score (nSPS) is 14.1. The van der Waals surface area contributed by atoms with Crippen LogP contribution < -0.4 is 14.2 Å². The molecule has 1 aliphatic carbocycles. The van der Waals surface area contributed by atoms with Gasteiger partial charge in [0.2, 0.25) is 5.82 Å². The molecule has 0 atom stereocenters. The zero-order valence-electron chi connectivity index (χ0n) is 29.4. The van der Waals surface area contributed by atoms with Crippen LogP contribution in [0.2, 0.25) is 0 Å². The Morgan fingerprint density at radius 1 is 0.868 bits per heavy atom. The van der Waals surface area contributed by atoms with Gasteiger partial charge >= 0.3 is 6.09 Å². The van der Waals surface area contributed by atoms with Crippen molar-refractivity contribution in [2.45, 2.75) is 51.0 Å². The molecule has 0 bridgehead atoms. The van der Waals surface area contributed by atoms with Crippen LogP contribution in [0.3, 0.4) is 0 Å². The maximum Gasteiger partial charge on any atom is 0.410 e. The van der Waals surface area contributed by atoms with Crippen molar-refractivity contribution < 1.29 is 51.6 Å². The molecule has 0 N–H and O–H groups in total. The minimum absolute atomic E-state index is 0.0272. The number of hydrogen-bond acceptors (Lipinski definition) is 9. The zero-order valence-corrected chi connectivity index (χ0v) is 29.4. The summed E-state index contributed by atoms with van der Waals surface area (Å²) in [7, 11) is 1.58. The van der Waals surface area contributed by atoms with E-state index in [0.29, 0.717) is 68.3 Å². The number of aryl methyl sites for hydroxylation is 1. The van der Waals surface area contributed by atoms with Gasteiger partial charge < -0.3 is 33.6 Å². The zero-order chi connectivity index (χ0) is 37.7. The van der Waals surface area contributed by atoms with Gasteiger partial charge in [0.15, 0.2) is 17.4 Å². The molecular formula is C38H42F3N3O9. The van der Waals surface area contributed by atoms with Crippen LogP contribution in [0.25, 0.3) is 5.57 Å². The molecule has 15 heteroatoms. The number of rotatable bonds is 19. The van der Waals surface area contributed by atoms with Crippen LogP contribution in [-0.4, -0.2) is 86.1 Å². The first-order valence-corrected chi connectivity index (χ1v) is 17.5. The highest BCUT2D eigenvalue weighted by Gasteiger charge is 2.37. The first-order valence-electron chi connectivity index (χ1n) is 17.5. The highest BCUT2D eigenvalue weighted by Crippen LogP contribution is 2.34. The number of benzene rings is 3.